The van der Waals surface area contributed by atoms with Crippen molar-refractivity contribution in [1.82, 2.24) is 0 Å². The summed E-state index contributed by atoms with van der Waals surface area (Å²) in [6.07, 6.45) is -4.93. The fourth-order valence-electron chi connectivity index (χ4n) is 2.31. The Morgan fingerprint density at radius 1 is 1.00 bits per heavy atom. The summed E-state index contributed by atoms with van der Waals surface area (Å²) in [7, 11) is 0. The largest absolute Gasteiger partial charge is 0.422 e. The minimum atomic E-state index is -5.66. The first-order valence-electron chi connectivity index (χ1n) is 7.44. The Morgan fingerprint density at radius 2 is 1.44 bits per heavy atom. The van der Waals surface area contributed by atoms with Crippen molar-refractivity contribution in [3.05, 3.63) is 28.8 Å². The first kappa shape index (κ1) is 21.2. The second kappa shape index (κ2) is 7.21. The highest BCUT2D eigenvalue weighted by molar-refractivity contribution is 5.79. The highest BCUT2D eigenvalue weighted by atomic mass is 19.4. The molecule has 1 atom stereocenters. The van der Waals surface area contributed by atoms with Gasteiger partial charge in [-0.2, -0.15) is 22.0 Å². The zero-order valence-corrected chi connectivity index (χ0v) is 14.0. The molecule has 0 bridgehead atoms. The van der Waals surface area contributed by atoms with Crippen molar-refractivity contribution in [1.29, 1.82) is 0 Å². The van der Waals surface area contributed by atoms with Gasteiger partial charge in [-0.15, -0.1) is 0 Å². The van der Waals surface area contributed by atoms with E-state index < -0.39 is 52.1 Å². The lowest BCUT2D eigenvalue weighted by Gasteiger charge is -2.31. The smallest absolute Gasteiger partial charge is 0.420 e. The van der Waals surface area contributed by atoms with Crippen LogP contribution in [-0.2, 0) is 11.0 Å². The van der Waals surface area contributed by atoms with E-state index in [0.717, 1.165) is 0 Å². The molecule has 1 rings (SSSR count). The molecule has 0 N–H and O–H groups in total. The van der Waals surface area contributed by atoms with Gasteiger partial charge in [0, 0.05) is 0 Å². The van der Waals surface area contributed by atoms with Crippen LogP contribution in [0.15, 0.2) is 0 Å². The van der Waals surface area contributed by atoms with Crippen LogP contribution in [0.3, 0.4) is 0 Å². The molecule has 1 aromatic rings. The van der Waals surface area contributed by atoms with Gasteiger partial charge < -0.3 is 4.74 Å². The van der Waals surface area contributed by atoms with Gasteiger partial charge in [-0.25, -0.2) is 8.78 Å². The van der Waals surface area contributed by atoms with Crippen LogP contribution in [-0.4, -0.2) is 5.97 Å². The predicted molar refractivity (Wildman–Crippen MR) is 74.8 cm³/mol. The molecule has 0 aliphatic rings. The standard InChI is InChI=1S/C16H17F7O2/c1-5-6-15(4,7(2)3)14(24)25-13-11(19)9(17)8(16(21,22)23)10(18)12(13)20/h7H,5-6H2,1-4H3. The van der Waals surface area contributed by atoms with E-state index in [-0.39, 0.29) is 12.3 Å². The zero-order chi connectivity index (χ0) is 19.7. The number of carbonyl (C=O) groups excluding carboxylic acids is 1. The molecule has 0 saturated carbocycles. The molecule has 0 saturated heterocycles. The molecule has 0 spiro atoms. The van der Waals surface area contributed by atoms with Gasteiger partial charge in [0.05, 0.1) is 5.41 Å². The number of esters is 1. The van der Waals surface area contributed by atoms with E-state index in [4.69, 9.17) is 0 Å². The van der Waals surface area contributed by atoms with Gasteiger partial charge in [0.2, 0.25) is 17.4 Å². The maximum Gasteiger partial charge on any atom is 0.422 e. The van der Waals surface area contributed by atoms with Gasteiger partial charge in [0.15, 0.2) is 11.6 Å². The van der Waals surface area contributed by atoms with Crippen LogP contribution < -0.4 is 4.74 Å². The van der Waals surface area contributed by atoms with Gasteiger partial charge in [-0.05, 0) is 19.3 Å². The second-order valence-electron chi connectivity index (χ2n) is 6.17. The third-order valence-corrected chi connectivity index (χ3v) is 4.21. The van der Waals surface area contributed by atoms with Crippen molar-refractivity contribution in [2.75, 3.05) is 0 Å². The molecular formula is C16H17F7O2. The van der Waals surface area contributed by atoms with Crippen LogP contribution in [0, 0.1) is 34.6 Å². The molecule has 0 heterocycles. The van der Waals surface area contributed by atoms with Crippen LogP contribution in [0.1, 0.15) is 46.1 Å². The molecule has 2 nitrogen and oxygen atoms in total. The summed E-state index contributed by atoms with van der Waals surface area (Å²) in [4.78, 5) is 12.3. The first-order valence-corrected chi connectivity index (χ1v) is 7.44. The Bertz CT molecular complexity index is 638. The summed E-state index contributed by atoms with van der Waals surface area (Å²) in [6, 6.07) is 0. The third kappa shape index (κ3) is 3.90. The van der Waals surface area contributed by atoms with Crippen LogP contribution in [0.4, 0.5) is 30.7 Å². The monoisotopic (exact) mass is 374 g/mol. The van der Waals surface area contributed by atoms with Gasteiger partial charge in [0.25, 0.3) is 0 Å². The zero-order valence-electron chi connectivity index (χ0n) is 14.0. The lowest BCUT2D eigenvalue weighted by molar-refractivity contribution is -0.148. The number of rotatable bonds is 5. The molecule has 1 aromatic carbocycles. The second-order valence-corrected chi connectivity index (χ2v) is 6.17. The van der Waals surface area contributed by atoms with Gasteiger partial charge in [-0.3, -0.25) is 4.79 Å². The summed E-state index contributed by atoms with van der Waals surface area (Å²) >= 11 is 0. The minimum absolute atomic E-state index is 0.234. The van der Waals surface area contributed by atoms with Crippen LogP contribution in [0.5, 0.6) is 5.75 Å². The minimum Gasteiger partial charge on any atom is -0.420 e. The van der Waals surface area contributed by atoms with Crippen LogP contribution in [0.2, 0.25) is 0 Å². The number of hydrogen-bond donors (Lipinski definition) is 0. The summed E-state index contributed by atoms with van der Waals surface area (Å²) in [5, 5.41) is 0. The van der Waals surface area contributed by atoms with Crippen molar-refractivity contribution in [2.45, 2.75) is 46.7 Å². The van der Waals surface area contributed by atoms with Crippen molar-refractivity contribution >= 4 is 5.97 Å². The number of hydrogen-bond acceptors (Lipinski definition) is 2. The Labute approximate surface area is 140 Å². The number of ether oxygens (including phenoxy) is 1. The lowest BCUT2D eigenvalue weighted by atomic mass is 9.75. The van der Waals surface area contributed by atoms with Crippen molar-refractivity contribution in [2.24, 2.45) is 11.3 Å². The van der Waals surface area contributed by atoms with E-state index >= 15 is 0 Å². The van der Waals surface area contributed by atoms with Crippen molar-refractivity contribution in [3.63, 3.8) is 0 Å². The van der Waals surface area contributed by atoms with E-state index in [1.165, 1.54) is 6.92 Å². The van der Waals surface area contributed by atoms with Gasteiger partial charge in [-0.1, -0.05) is 27.2 Å². The van der Waals surface area contributed by atoms with Crippen LogP contribution >= 0.6 is 0 Å². The molecule has 0 aliphatic carbocycles. The van der Waals surface area contributed by atoms with E-state index in [1.807, 2.05) is 0 Å². The quantitative estimate of drug-likeness (QED) is 0.289. The van der Waals surface area contributed by atoms with Gasteiger partial charge >= 0.3 is 12.1 Å². The Kier molecular flexibility index (Phi) is 6.13. The SMILES string of the molecule is CCCC(C)(C(=O)Oc1c(F)c(F)c(C(F)(F)F)c(F)c1F)C(C)C. The molecule has 9 heteroatoms. The highest BCUT2D eigenvalue weighted by Crippen LogP contribution is 2.41. The first-order chi connectivity index (χ1) is 11.3. The van der Waals surface area contributed by atoms with E-state index in [1.54, 1.807) is 20.8 Å². The Morgan fingerprint density at radius 3 is 1.76 bits per heavy atom. The Balaban J connectivity index is 3.44. The summed E-state index contributed by atoms with van der Waals surface area (Å²) in [5.74, 6) is -13.6. The Hall–Kier alpha value is -1.80. The maximum atomic E-state index is 13.8. The normalized spacial score (nSPS) is 14.6. The molecule has 1 unspecified atom stereocenters. The molecule has 0 radical (unpaired) electrons. The predicted octanol–water partition coefficient (Wildman–Crippen LogP) is 5.63. The van der Waals surface area contributed by atoms with Crippen LogP contribution in [0.25, 0.3) is 0 Å². The summed E-state index contributed by atoms with van der Waals surface area (Å²) < 4.78 is 96.8. The van der Waals surface area contributed by atoms with E-state index in [2.05, 4.69) is 4.74 Å². The fraction of sp³-hybridized carbons (Fsp3) is 0.562. The number of alkyl halides is 3. The fourth-order valence-corrected chi connectivity index (χ4v) is 2.31. The lowest BCUT2D eigenvalue weighted by Crippen LogP contribution is -2.37. The average Bonchev–Trinajstić information content (AvgIpc) is 2.48. The highest BCUT2D eigenvalue weighted by Gasteiger charge is 2.44. The number of halogens is 7. The molecule has 0 aromatic heterocycles. The average molecular weight is 374 g/mol. The van der Waals surface area contributed by atoms with E-state index in [9.17, 15) is 35.5 Å². The molecule has 0 aliphatic heterocycles. The van der Waals surface area contributed by atoms with Gasteiger partial charge in [0.1, 0.15) is 5.56 Å². The molecule has 0 fully saturated rings. The molecule has 142 valence electrons. The number of carbonyl (C=O) groups is 1. The maximum absolute atomic E-state index is 13.8. The van der Waals surface area contributed by atoms with Crippen molar-refractivity contribution in [3.8, 4) is 5.75 Å². The third-order valence-electron chi connectivity index (χ3n) is 4.21. The molecular weight excluding hydrogens is 357 g/mol. The topological polar surface area (TPSA) is 26.3 Å². The number of benzene rings is 1. The molecule has 0 amide bonds. The summed E-state index contributed by atoms with van der Waals surface area (Å²) in [5.41, 5.74) is -3.97. The summed E-state index contributed by atoms with van der Waals surface area (Å²) in [6.45, 7) is 6.40. The van der Waals surface area contributed by atoms with E-state index in [0.29, 0.717) is 6.42 Å². The molecule has 25 heavy (non-hydrogen) atoms. The van der Waals surface area contributed by atoms with Crippen molar-refractivity contribution < 1.29 is 40.3 Å².